The Labute approximate surface area is 111 Å². The maximum Gasteiger partial charge on any atom is 0.0312 e. The molecule has 0 amide bonds. The van der Waals surface area contributed by atoms with Crippen molar-refractivity contribution in [2.45, 2.75) is 44.3 Å². The fraction of sp³-hybridized carbons (Fsp3) is 0.667. The lowest BCUT2D eigenvalue weighted by atomic mass is 9.88. The van der Waals surface area contributed by atoms with Crippen LogP contribution in [0.4, 0.5) is 0 Å². The quantitative estimate of drug-likeness (QED) is 0.814. The van der Waals surface area contributed by atoms with Crippen molar-refractivity contribution in [3.63, 3.8) is 0 Å². The molecule has 0 bridgehead atoms. The van der Waals surface area contributed by atoms with E-state index in [4.69, 9.17) is 0 Å². The molecule has 0 saturated heterocycles. The summed E-state index contributed by atoms with van der Waals surface area (Å²) in [6.45, 7) is 1.00. The summed E-state index contributed by atoms with van der Waals surface area (Å²) in [7, 11) is 6.67. The molecule has 18 heavy (non-hydrogen) atoms. The third-order valence-corrected chi connectivity index (χ3v) is 4.08. The van der Waals surface area contributed by atoms with Crippen molar-refractivity contribution in [1.82, 2.24) is 14.8 Å². The summed E-state index contributed by atoms with van der Waals surface area (Å²) in [6, 6.07) is 5.55. The van der Waals surface area contributed by atoms with Crippen molar-refractivity contribution in [3.8, 4) is 0 Å². The van der Waals surface area contributed by atoms with Crippen LogP contribution in [-0.4, -0.2) is 48.0 Å². The lowest BCUT2D eigenvalue weighted by Crippen LogP contribution is -2.49. The highest BCUT2D eigenvalue weighted by atomic mass is 15.2. The Kier molecular flexibility index (Phi) is 4.72. The molecule has 2 unspecified atom stereocenters. The first-order valence-electron chi connectivity index (χ1n) is 6.94. The van der Waals surface area contributed by atoms with Crippen LogP contribution in [0.25, 0.3) is 0 Å². The van der Waals surface area contributed by atoms with Gasteiger partial charge in [-0.2, -0.15) is 0 Å². The smallest absolute Gasteiger partial charge is 0.0312 e. The number of hydrogen-bond acceptors (Lipinski definition) is 3. The Balaban J connectivity index is 2.00. The van der Waals surface area contributed by atoms with Gasteiger partial charge in [0.1, 0.15) is 0 Å². The van der Waals surface area contributed by atoms with E-state index >= 15 is 0 Å². The van der Waals surface area contributed by atoms with Crippen LogP contribution >= 0.6 is 0 Å². The average Bonchev–Trinajstić information content (AvgIpc) is 2.40. The van der Waals surface area contributed by atoms with Gasteiger partial charge in [-0.3, -0.25) is 9.88 Å². The van der Waals surface area contributed by atoms with Crippen molar-refractivity contribution in [2.75, 3.05) is 21.1 Å². The third-order valence-electron chi connectivity index (χ3n) is 4.08. The molecule has 1 aliphatic carbocycles. The molecule has 1 aromatic rings. The van der Waals surface area contributed by atoms with Gasteiger partial charge in [-0.25, -0.2) is 0 Å². The second kappa shape index (κ2) is 6.30. The minimum absolute atomic E-state index is 0.675. The zero-order chi connectivity index (χ0) is 13.0. The Morgan fingerprint density at radius 2 is 1.89 bits per heavy atom. The van der Waals surface area contributed by atoms with Crippen molar-refractivity contribution in [1.29, 1.82) is 0 Å². The Morgan fingerprint density at radius 1 is 1.17 bits per heavy atom. The van der Waals surface area contributed by atoms with E-state index in [2.05, 4.69) is 42.0 Å². The standard InChI is InChI=1S/C15H25N3/c1-17(2)14-8-4-5-9-15(14)18(3)12-13-7-6-10-16-11-13/h6-7,10-11,14-15H,4-5,8-9,12H2,1-3H3. The molecule has 2 atom stereocenters. The van der Waals surface area contributed by atoms with Crippen molar-refractivity contribution >= 4 is 0 Å². The SMILES string of the molecule is CN(C)C1CCCCC1N(C)Cc1cccnc1. The molecule has 1 saturated carbocycles. The fourth-order valence-corrected chi connectivity index (χ4v) is 3.11. The highest BCUT2D eigenvalue weighted by Gasteiger charge is 2.29. The largest absolute Gasteiger partial charge is 0.305 e. The molecule has 0 N–H and O–H groups in total. The molecule has 0 aromatic carbocycles. The van der Waals surface area contributed by atoms with Gasteiger partial charge >= 0.3 is 0 Å². The van der Waals surface area contributed by atoms with Crippen LogP contribution < -0.4 is 0 Å². The number of rotatable bonds is 4. The van der Waals surface area contributed by atoms with Crippen molar-refractivity contribution in [3.05, 3.63) is 30.1 Å². The fourth-order valence-electron chi connectivity index (χ4n) is 3.11. The van der Waals surface area contributed by atoms with E-state index in [9.17, 15) is 0 Å². The van der Waals surface area contributed by atoms with Crippen LogP contribution in [0.2, 0.25) is 0 Å². The van der Waals surface area contributed by atoms with E-state index in [0.717, 1.165) is 6.54 Å². The highest BCUT2D eigenvalue weighted by molar-refractivity contribution is 5.08. The minimum Gasteiger partial charge on any atom is -0.305 e. The lowest BCUT2D eigenvalue weighted by Gasteiger charge is -2.41. The van der Waals surface area contributed by atoms with Crippen LogP contribution in [0.3, 0.4) is 0 Å². The summed E-state index contributed by atoms with van der Waals surface area (Å²) in [6.07, 6.45) is 9.21. The monoisotopic (exact) mass is 247 g/mol. The van der Waals surface area contributed by atoms with E-state index in [1.54, 1.807) is 0 Å². The van der Waals surface area contributed by atoms with Gasteiger partial charge in [-0.1, -0.05) is 18.9 Å². The first kappa shape index (κ1) is 13.5. The molecule has 0 aliphatic heterocycles. The highest BCUT2D eigenvalue weighted by Crippen LogP contribution is 2.26. The molecule has 3 nitrogen and oxygen atoms in total. The number of pyridine rings is 1. The predicted molar refractivity (Wildman–Crippen MR) is 75.4 cm³/mol. The van der Waals surface area contributed by atoms with E-state index < -0.39 is 0 Å². The number of hydrogen-bond donors (Lipinski definition) is 0. The zero-order valence-corrected chi connectivity index (χ0v) is 11.8. The maximum absolute atomic E-state index is 4.20. The zero-order valence-electron chi connectivity index (χ0n) is 11.8. The topological polar surface area (TPSA) is 19.4 Å². The van der Waals surface area contributed by atoms with Crippen molar-refractivity contribution in [2.24, 2.45) is 0 Å². The second-order valence-electron chi connectivity index (χ2n) is 5.66. The van der Waals surface area contributed by atoms with Crippen LogP contribution in [-0.2, 0) is 6.54 Å². The third kappa shape index (κ3) is 3.30. The average molecular weight is 247 g/mol. The van der Waals surface area contributed by atoms with E-state index in [0.29, 0.717) is 12.1 Å². The molecule has 2 rings (SSSR count). The summed E-state index contributed by atoms with van der Waals surface area (Å²) < 4.78 is 0. The van der Waals surface area contributed by atoms with Gasteiger partial charge < -0.3 is 4.90 Å². The Morgan fingerprint density at radius 3 is 2.50 bits per heavy atom. The molecule has 100 valence electrons. The molecule has 1 heterocycles. The van der Waals surface area contributed by atoms with Crippen LogP contribution in [0.15, 0.2) is 24.5 Å². The second-order valence-corrected chi connectivity index (χ2v) is 5.66. The number of likely N-dealkylation sites (N-methyl/N-ethyl adjacent to an activating group) is 2. The van der Waals surface area contributed by atoms with E-state index in [1.807, 2.05) is 18.5 Å². The molecule has 1 aliphatic rings. The van der Waals surface area contributed by atoms with Crippen molar-refractivity contribution < 1.29 is 0 Å². The van der Waals surface area contributed by atoms with Gasteiger partial charge in [0.25, 0.3) is 0 Å². The van der Waals surface area contributed by atoms with Gasteiger partial charge in [0, 0.05) is 31.0 Å². The molecule has 0 spiro atoms. The van der Waals surface area contributed by atoms with Gasteiger partial charge in [-0.15, -0.1) is 0 Å². The van der Waals surface area contributed by atoms with Gasteiger partial charge in [0.2, 0.25) is 0 Å². The minimum atomic E-state index is 0.675. The summed E-state index contributed by atoms with van der Waals surface area (Å²) in [5, 5.41) is 0. The molecular formula is C15H25N3. The van der Waals surface area contributed by atoms with Crippen LogP contribution in [0, 0.1) is 0 Å². The number of aromatic nitrogens is 1. The first-order chi connectivity index (χ1) is 8.68. The van der Waals surface area contributed by atoms with E-state index in [-0.39, 0.29) is 0 Å². The molecule has 1 fully saturated rings. The summed E-state index contributed by atoms with van der Waals surface area (Å²) in [4.78, 5) is 9.09. The summed E-state index contributed by atoms with van der Waals surface area (Å²) in [5.41, 5.74) is 1.31. The predicted octanol–water partition coefficient (Wildman–Crippen LogP) is 2.39. The molecule has 3 heteroatoms. The Hall–Kier alpha value is -0.930. The van der Waals surface area contributed by atoms with E-state index in [1.165, 1.54) is 31.2 Å². The van der Waals surface area contributed by atoms with Crippen LogP contribution in [0.5, 0.6) is 0 Å². The Bertz CT molecular complexity index is 350. The molecular weight excluding hydrogens is 222 g/mol. The number of nitrogens with zero attached hydrogens (tertiary/aromatic N) is 3. The van der Waals surface area contributed by atoms with Gasteiger partial charge in [0.05, 0.1) is 0 Å². The first-order valence-corrected chi connectivity index (χ1v) is 6.94. The van der Waals surface area contributed by atoms with Gasteiger partial charge in [-0.05, 0) is 45.6 Å². The molecule has 1 aromatic heterocycles. The normalized spacial score (nSPS) is 24.7. The summed E-state index contributed by atoms with van der Waals surface area (Å²) in [5.74, 6) is 0. The summed E-state index contributed by atoms with van der Waals surface area (Å²) >= 11 is 0. The lowest BCUT2D eigenvalue weighted by molar-refractivity contribution is 0.0876. The maximum atomic E-state index is 4.20. The van der Waals surface area contributed by atoms with Crippen LogP contribution in [0.1, 0.15) is 31.2 Å². The molecule has 0 radical (unpaired) electrons. The van der Waals surface area contributed by atoms with Gasteiger partial charge in [0.15, 0.2) is 0 Å².